The van der Waals surface area contributed by atoms with Gasteiger partial charge in [0, 0.05) is 24.3 Å². The molecular weight excluding hydrogens is 426 g/mol. The number of hydrogen-bond acceptors (Lipinski definition) is 4. The zero-order chi connectivity index (χ0) is 24.1. The monoisotopic (exact) mass is 457 g/mol. The van der Waals surface area contributed by atoms with E-state index < -0.39 is 11.7 Å². The van der Waals surface area contributed by atoms with Crippen molar-refractivity contribution in [1.29, 1.82) is 0 Å². The number of anilines is 3. The second-order valence-corrected chi connectivity index (χ2v) is 9.45. The van der Waals surface area contributed by atoms with Gasteiger partial charge in [-0.2, -0.15) is 0 Å². The minimum absolute atomic E-state index is 0.245. The standard InChI is InChI=1S/C28H31N3O3/c1-28(2,3)34-27(33)30-24-16-13-22(20-9-5-4-6-10-20)19-25(24)29-26(32)21-11-14-23(15-12-21)31-17-7-8-18-31/h4-6,9-16,19H,7-8,17-18H2,1-3H3,(H,29,32)(H,30,33). The summed E-state index contributed by atoms with van der Waals surface area (Å²) in [6.45, 7) is 7.52. The van der Waals surface area contributed by atoms with Gasteiger partial charge in [0.2, 0.25) is 0 Å². The van der Waals surface area contributed by atoms with E-state index in [1.54, 1.807) is 26.8 Å². The molecule has 0 saturated carbocycles. The lowest BCUT2D eigenvalue weighted by Gasteiger charge is -2.21. The molecule has 0 atom stereocenters. The first kappa shape index (κ1) is 23.4. The van der Waals surface area contributed by atoms with Crippen molar-refractivity contribution in [3.63, 3.8) is 0 Å². The molecule has 3 aromatic carbocycles. The fourth-order valence-corrected chi connectivity index (χ4v) is 3.97. The number of benzene rings is 3. The van der Waals surface area contributed by atoms with Crippen LogP contribution in [0.15, 0.2) is 72.8 Å². The number of ether oxygens (including phenoxy) is 1. The maximum absolute atomic E-state index is 13.1. The lowest BCUT2D eigenvalue weighted by atomic mass is 10.0. The third-order valence-electron chi connectivity index (χ3n) is 5.61. The van der Waals surface area contributed by atoms with Crippen molar-refractivity contribution in [2.75, 3.05) is 28.6 Å². The summed E-state index contributed by atoms with van der Waals surface area (Å²) >= 11 is 0. The van der Waals surface area contributed by atoms with Crippen molar-refractivity contribution < 1.29 is 14.3 Å². The Morgan fingerprint density at radius 1 is 0.794 bits per heavy atom. The van der Waals surface area contributed by atoms with Gasteiger partial charge >= 0.3 is 6.09 Å². The van der Waals surface area contributed by atoms with Gasteiger partial charge in [-0.05, 0) is 81.1 Å². The van der Waals surface area contributed by atoms with Gasteiger partial charge in [-0.3, -0.25) is 10.1 Å². The van der Waals surface area contributed by atoms with Crippen LogP contribution in [0.3, 0.4) is 0 Å². The zero-order valence-electron chi connectivity index (χ0n) is 19.9. The maximum Gasteiger partial charge on any atom is 0.412 e. The predicted molar refractivity (Wildman–Crippen MR) is 138 cm³/mol. The Morgan fingerprint density at radius 3 is 2.12 bits per heavy atom. The Morgan fingerprint density at radius 2 is 1.47 bits per heavy atom. The number of hydrogen-bond donors (Lipinski definition) is 2. The number of amides is 2. The van der Waals surface area contributed by atoms with Gasteiger partial charge in [0.15, 0.2) is 0 Å². The van der Waals surface area contributed by atoms with E-state index in [9.17, 15) is 9.59 Å². The van der Waals surface area contributed by atoms with E-state index in [0.717, 1.165) is 29.9 Å². The first-order chi connectivity index (χ1) is 16.3. The largest absolute Gasteiger partial charge is 0.444 e. The summed E-state index contributed by atoms with van der Waals surface area (Å²) in [5.74, 6) is -0.245. The van der Waals surface area contributed by atoms with Crippen LogP contribution in [0.25, 0.3) is 11.1 Å². The van der Waals surface area contributed by atoms with Gasteiger partial charge in [-0.25, -0.2) is 4.79 Å². The van der Waals surface area contributed by atoms with Crippen LogP contribution in [0.2, 0.25) is 0 Å². The quantitative estimate of drug-likeness (QED) is 0.456. The van der Waals surface area contributed by atoms with E-state index in [1.807, 2.05) is 66.7 Å². The molecule has 0 unspecified atom stereocenters. The van der Waals surface area contributed by atoms with Crippen molar-refractivity contribution in [2.24, 2.45) is 0 Å². The third kappa shape index (κ3) is 5.95. The minimum Gasteiger partial charge on any atom is -0.444 e. The van der Waals surface area contributed by atoms with E-state index >= 15 is 0 Å². The van der Waals surface area contributed by atoms with Crippen molar-refractivity contribution >= 4 is 29.1 Å². The van der Waals surface area contributed by atoms with E-state index in [2.05, 4.69) is 15.5 Å². The van der Waals surface area contributed by atoms with E-state index in [4.69, 9.17) is 4.74 Å². The summed E-state index contributed by atoms with van der Waals surface area (Å²) < 4.78 is 5.40. The Labute approximate surface area is 200 Å². The van der Waals surface area contributed by atoms with E-state index in [0.29, 0.717) is 16.9 Å². The molecule has 34 heavy (non-hydrogen) atoms. The highest BCUT2D eigenvalue weighted by molar-refractivity contribution is 6.07. The Hall–Kier alpha value is -3.80. The van der Waals surface area contributed by atoms with Crippen molar-refractivity contribution in [3.8, 4) is 11.1 Å². The molecule has 1 saturated heterocycles. The molecule has 6 heteroatoms. The molecule has 0 bridgehead atoms. The zero-order valence-corrected chi connectivity index (χ0v) is 19.9. The van der Waals surface area contributed by atoms with Crippen LogP contribution in [-0.4, -0.2) is 30.7 Å². The summed E-state index contributed by atoms with van der Waals surface area (Å²) in [6, 6.07) is 23.1. The fourth-order valence-electron chi connectivity index (χ4n) is 3.97. The summed E-state index contributed by atoms with van der Waals surface area (Å²) in [4.78, 5) is 27.8. The number of nitrogens with zero attached hydrogens (tertiary/aromatic N) is 1. The second-order valence-electron chi connectivity index (χ2n) is 9.45. The molecule has 0 spiro atoms. The van der Waals surface area contributed by atoms with Crippen LogP contribution in [0.4, 0.5) is 21.9 Å². The van der Waals surface area contributed by atoms with Gasteiger partial charge in [0.1, 0.15) is 5.60 Å². The Balaban J connectivity index is 1.58. The van der Waals surface area contributed by atoms with Gasteiger partial charge in [-0.1, -0.05) is 36.4 Å². The highest BCUT2D eigenvalue weighted by atomic mass is 16.6. The van der Waals surface area contributed by atoms with Gasteiger partial charge in [0.05, 0.1) is 11.4 Å². The molecule has 4 rings (SSSR count). The van der Waals surface area contributed by atoms with Crippen LogP contribution in [0, 0.1) is 0 Å². The molecule has 176 valence electrons. The van der Waals surface area contributed by atoms with Crippen molar-refractivity contribution in [3.05, 3.63) is 78.4 Å². The molecule has 2 amide bonds. The first-order valence-corrected chi connectivity index (χ1v) is 11.6. The Kier molecular flexibility index (Phi) is 6.87. The highest BCUT2D eigenvalue weighted by Gasteiger charge is 2.19. The van der Waals surface area contributed by atoms with Crippen LogP contribution in [0.1, 0.15) is 44.0 Å². The SMILES string of the molecule is CC(C)(C)OC(=O)Nc1ccc(-c2ccccc2)cc1NC(=O)c1ccc(N2CCCC2)cc1. The van der Waals surface area contributed by atoms with Crippen molar-refractivity contribution in [1.82, 2.24) is 0 Å². The molecule has 1 heterocycles. The number of carbonyl (C=O) groups is 2. The van der Waals surface area contributed by atoms with E-state index in [-0.39, 0.29) is 5.91 Å². The Bertz CT molecular complexity index is 1150. The molecule has 0 aliphatic carbocycles. The van der Waals surface area contributed by atoms with E-state index in [1.165, 1.54) is 12.8 Å². The first-order valence-electron chi connectivity index (χ1n) is 11.6. The normalized spacial score (nSPS) is 13.4. The number of rotatable bonds is 5. The number of carbonyl (C=O) groups excluding carboxylic acids is 2. The summed E-state index contributed by atoms with van der Waals surface area (Å²) in [5, 5.41) is 5.74. The number of nitrogens with one attached hydrogen (secondary N) is 2. The van der Waals surface area contributed by atoms with Gasteiger partial charge in [0.25, 0.3) is 5.91 Å². The topological polar surface area (TPSA) is 70.7 Å². The molecule has 1 aliphatic rings. The minimum atomic E-state index is -0.630. The molecule has 2 N–H and O–H groups in total. The predicted octanol–water partition coefficient (Wildman–Crippen LogP) is 6.55. The molecule has 1 fully saturated rings. The lowest BCUT2D eigenvalue weighted by molar-refractivity contribution is 0.0635. The van der Waals surface area contributed by atoms with Crippen LogP contribution in [0.5, 0.6) is 0 Å². The maximum atomic E-state index is 13.1. The molecular formula is C28H31N3O3. The molecule has 3 aromatic rings. The van der Waals surface area contributed by atoms with Crippen LogP contribution >= 0.6 is 0 Å². The summed E-state index contributed by atoms with van der Waals surface area (Å²) in [5.41, 5.74) is 3.96. The van der Waals surface area contributed by atoms with Crippen LogP contribution in [-0.2, 0) is 4.74 Å². The molecule has 0 radical (unpaired) electrons. The highest BCUT2D eigenvalue weighted by Crippen LogP contribution is 2.30. The molecule has 1 aliphatic heterocycles. The molecule has 6 nitrogen and oxygen atoms in total. The van der Waals surface area contributed by atoms with Gasteiger partial charge < -0.3 is 15.0 Å². The lowest BCUT2D eigenvalue weighted by Crippen LogP contribution is -2.27. The van der Waals surface area contributed by atoms with Crippen molar-refractivity contribution in [2.45, 2.75) is 39.2 Å². The fraction of sp³-hybridized carbons (Fsp3) is 0.286. The van der Waals surface area contributed by atoms with Gasteiger partial charge in [-0.15, -0.1) is 0 Å². The smallest absolute Gasteiger partial charge is 0.412 e. The third-order valence-corrected chi connectivity index (χ3v) is 5.61. The average Bonchev–Trinajstić information content (AvgIpc) is 3.35. The average molecular weight is 458 g/mol. The second kappa shape index (κ2) is 10.00. The summed E-state index contributed by atoms with van der Waals surface area (Å²) in [7, 11) is 0. The summed E-state index contributed by atoms with van der Waals surface area (Å²) in [6.07, 6.45) is 1.83. The van der Waals surface area contributed by atoms with Crippen LogP contribution < -0.4 is 15.5 Å². The molecule has 0 aromatic heterocycles.